The highest BCUT2D eigenvalue weighted by Crippen LogP contribution is 2.35. The van der Waals surface area contributed by atoms with Crippen LogP contribution in [0.2, 0.25) is 0 Å². The molecule has 0 aliphatic carbocycles. The number of anilines is 4. The first-order valence-corrected chi connectivity index (χ1v) is 30.6. The van der Waals surface area contributed by atoms with Crippen LogP contribution in [0.3, 0.4) is 0 Å². The van der Waals surface area contributed by atoms with Gasteiger partial charge in [0.25, 0.3) is 5.91 Å². The molecule has 2 fully saturated rings. The Hall–Kier alpha value is -9.98. The van der Waals surface area contributed by atoms with Gasteiger partial charge in [-0.25, -0.2) is 18.4 Å². The third kappa shape index (κ3) is 22.6. The molecule has 2 aliphatic rings. The zero-order valence-electron chi connectivity index (χ0n) is 54.7. The molecular formula is C67H78F8N10O13. The number of piperidine rings is 2. The predicted octanol–water partition coefficient (Wildman–Crippen LogP) is 8.53. The summed E-state index contributed by atoms with van der Waals surface area (Å²) in [6, 6.07) is 18.6. The summed E-state index contributed by atoms with van der Waals surface area (Å²) < 4.78 is 137. The molecule has 530 valence electrons. The van der Waals surface area contributed by atoms with Crippen molar-refractivity contribution in [2.45, 2.75) is 100 Å². The van der Waals surface area contributed by atoms with Crippen LogP contribution in [0, 0.1) is 23.7 Å². The number of rotatable bonds is 23. The van der Waals surface area contributed by atoms with Crippen molar-refractivity contribution in [3.8, 4) is 35.2 Å². The van der Waals surface area contributed by atoms with Crippen molar-refractivity contribution in [2.75, 3.05) is 110 Å². The number of aliphatic carboxylic acids is 1. The molecule has 31 heteroatoms. The number of nitrogens with two attached hydrogens (primary N) is 1. The third-order valence-electron chi connectivity index (χ3n) is 15.7. The van der Waals surface area contributed by atoms with Gasteiger partial charge in [0.15, 0.2) is 0 Å². The molecule has 0 radical (unpaired) electrons. The summed E-state index contributed by atoms with van der Waals surface area (Å²) in [5, 5.41) is 34.3. The second-order valence-corrected chi connectivity index (χ2v) is 22.7. The maximum absolute atomic E-state index is 14.7. The van der Waals surface area contributed by atoms with Crippen molar-refractivity contribution >= 4 is 80.3 Å². The standard InChI is InChI=1S/C33H37F4N5O6.C27H28F4N4O3.C7H13NO4/c1-41-15-13-25(23(34)18-41)39-24-7-4-8-28-22(24)17-21(42(28)19-33(35,36)37)6-5-14-38-26-10-9-20(16-29(26)47-2)31(44)40-27(32(45)46)11-12-30(43)48-3;1-34-12-10-22(20(28)15-34)33-21-6-3-7-24-19(21)14-18(35(24)16-27(29,30)31)5-4-11-32-23-9-8-17(26(36)37)13-25(23)38-2;1-11-6(9)4-3-5(8)7(10)12-2/h4,7-10,16-17,23,25,27,38-39H,11-15,18-19H2,1-3H3,(H,40,44)(H,45,46);3,6-9,13-14,20,22,32-33H,10-12,15-16H2,1-2H3,(H,36,37);5H,3-4,8H2,1-2H3/t23-,25+,27-;20-,22+;5-/m000/s1. The molecule has 1 amide bonds. The number of alkyl halides is 8. The van der Waals surface area contributed by atoms with Crippen LogP contribution in [0.5, 0.6) is 11.5 Å². The first-order valence-electron chi connectivity index (χ1n) is 30.6. The average molecular weight is 1380 g/mol. The molecule has 9 N–H and O–H groups in total. The Labute approximate surface area is 559 Å². The number of esters is 3. The van der Waals surface area contributed by atoms with Crippen LogP contribution in [-0.4, -0.2) is 203 Å². The van der Waals surface area contributed by atoms with Gasteiger partial charge in [0, 0.05) is 66.7 Å². The number of ether oxygens (including phenoxy) is 5. The SMILES string of the molecule is COC(=O)CC[C@H](N)C(=O)OC.COC(=O)CC[C@H](NC(=O)c1ccc(NCC#Cc2cc3c(N[C@@H]4CCN(C)C[C@@H]4F)cccc3n2CC(F)(F)F)c(OC)c1)C(=O)O.COc1cc(C(=O)O)ccc1NCC#Cc1cc2c(N[C@@H]3CCN(C)C[C@@H]3F)cccc2n1CC(F)(F)F. The van der Waals surface area contributed by atoms with Gasteiger partial charge in [0.1, 0.15) is 49.0 Å². The summed E-state index contributed by atoms with van der Waals surface area (Å²) in [5.41, 5.74) is 8.44. The number of hydrogen-bond donors (Lipinski definition) is 8. The van der Waals surface area contributed by atoms with Crippen LogP contribution in [0.25, 0.3) is 21.8 Å². The number of carboxylic acid groups (broad SMARTS) is 2. The van der Waals surface area contributed by atoms with E-state index in [1.165, 1.54) is 71.9 Å². The number of aromatic nitrogens is 2. The number of carbonyl (C=O) groups is 6. The Kier molecular flexibility index (Phi) is 28.2. The average Bonchev–Trinajstić information content (AvgIpc) is 1.63. The lowest BCUT2D eigenvalue weighted by Crippen LogP contribution is -2.46. The van der Waals surface area contributed by atoms with E-state index in [1.807, 2.05) is 23.9 Å². The Balaban J connectivity index is 0.000000269. The summed E-state index contributed by atoms with van der Waals surface area (Å²) in [4.78, 5) is 72.0. The fraction of sp³-hybridized carbons (Fsp3) is 0.433. The van der Waals surface area contributed by atoms with Crippen LogP contribution < -0.4 is 41.8 Å². The van der Waals surface area contributed by atoms with Crippen molar-refractivity contribution < 1.29 is 97.8 Å². The maximum Gasteiger partial charge on any atom is 0.406 e. The van der Waals surface area contributed by atoms with Gasteiger partial charge < -0.3 is 85.1 Å². The highest BCUT2D eigenvalue weighted by molar-refractivity contribution is 5.98. The van der Waals surface area contributed by atoms with E-state index >= 15 is 0 Å². The van der Waals surface area contributed by atoms with E-state index in [4.69, 9.17) is 20.3 Å². The molecule has 0 bridgehead atoms. The number of benzene rings is 4. The maximum atomic E-state index is 14.7. The van der Waals surface area contributed by atoms with Crippen LogP contribution in [0.1, 0.15) is 70.6 Å². The minimum atomic E-state index is -4.52. The summed E-state index contributed by atoms with van der Waals surface area (Å²) in [5.74, 6) is 7.19. The number of aromatic carboxylic acids is 1. The van der Waals surface area contributed by atoms with Gasteiger partial charge in [-0.15, -0.1) is 0 Å². The number of nitrogens with zero attached hydrogens (tertiary/aromatic N) is 4. The number of hydrogen-bond acceptors (Lipinski definition) is 18. The second-order valence-electron chi connectivity index (χ2n) is 22.7. The van der Waals surface area contributed by atoms with Crippen LogP contribution in [-0.2, 0) is 46.5 Å². The van der Waals surface area contributed by atoms with Gasteiger partial charge >= 0.3 is 42.2 Å². The highest BCUT2D eigenvalue weighted by Gasteiger charge is 2.34. The summed E-state index contributed by atoms with van der Waals surface area (Å²) in [6.07, 6.45) is -10.1. The van der Waals surface area contributed by atoms with E-state index in [9.17, 15) is 69.0 Å². The summed E-state index contributed by atoms with van der Waals surface area (Å²) >= 11 is 0. The molecule has 8 rings (SSSR count). The van der Waals surface area contributed by atoms with Gasteiger partial charge in [-0.05, 0) is 124 Å². The minimum Gasteiger partial charge on any atom is -0.495 e. The number of amides is 1. The van der Waals surface area contributed by atoms with Crippen molar-refractivity contribution in [3.63, 3.8) is 0 Å². The van der Waals surface area contributed by atoms with E-state index in [-0.39, 0.29) is 86.1 Å². The van der Waals surface area contributed by atoms with E-state index in [0.29, 0.717) is 69.7 Å². The molecule has 98 heavy (non-hydrogen) atoms. The van der Waals surface area contributed by atoms with Gasteiger partial charge in [-0.2, -0.15) is 26.3 Å². The Morgan fingerprint density at radius 3 is 1.44 bits per heavy atom. The molecule has 0 spiro atoms. The Morgan fingerprint density at radius 2 is 1.04 bits per heavy atom. The van der Waals surface area contributed by atoms with Crippen LogP contribution >= 0.6 is 0 Å². The molecular weight excluding hydrogens is 1300 g/mol. The van der Waals surface area contributed by atoms with Gasteiger partial charge in [0.2, 0.25) is 0 Å². The lowest BCUT2D eigenvalue weighted by atomic mass is 10.0. The van der Waals surface area contributed by atoms with E-state index in [0.717, 1.165) is 15.7 Å². The fourth-order valence-electron chi connectivity index (χ4n) is 10.6. The molecule has 2 aromatic heterocycles. The lowest BCUT2D eigenvalue weighted by molar-refractivity contribution is -0.144. The van der Waals surface area contributed by atoms with Gasteiger partial charge in [-0.1, -0.05) is 24.0 Å². The summed E-state index contributed by atoms with van der Waals surface area (Å²) in [6.45, 7) is -0.460. The molecule has 0 saturated carbocycles. The van der Waals surface area contributed by atoms with Gasteiger partial charge in [0.05, 0.1) is 100 Å². The smallest absolute Gasteiger partial charge is 0.406 e. The first kappa shape index (κ1) is 77.0. The van der Waals surface area contributed by atoms with E-state index < -0.39 is 91.7 Å². The topological polar surface area (TPSA) is 292 Å². The quantitative estimate of drug-likeness (QED) is 0.0129. The number of nitrogens with one attached hydrogen (secondary N) is 5. The zero-order valence-corrected chi connectivity index (χ0v) is 54.7. The number of carboxylic acids is 2. The molecule has 6 aromatic rings. The molecule has 6 atom stereocenters. The normalized spacial score (nSPS) is 16.9. The molecule has 4 heterocycles. The predicted molar refractivity (Wildman–Crippen MR) is 350 cm³/mol. The number of methoxy groups -OCH3 is 5. The van der Waals surface area contributed by atoms with Crippen molar-refractivity contribution in [1.29, 1.82) is 0 Å². The minimum absolute atomic E-state index is 0.00566. The fourth-order valence-corrected chi connectivity index (χ4v) is 10.6. The molecule has 4 aromatic carbocycles. The molecule has 2 aliphatic heterocycles. The van der Waals surface area contributed by atoms with E-state index in [1.54, 1.807) is 48.5 Å². The van der Waals surface area contributed by atoms with Crippen molar-refractivity contribution in [3.05, 3.63) is 107 Å². The Bertz CT molecular complexity index is 3900. The second kappa shape index (κ2) is 35.8. The Morgan fingerprint density at radius 1 is 0.602 bits per heavy atom. The number of fused-ring (bicyclic) bond motifs is 2. The van der Waals surface area contributed by atoms with Crippen molar-refractivity contribution in [2.24, 2.45) is 5.73 Å². The first-order chi connectivity index (χ1) is 46.5. The molecule has 23 nitrogen and oxygen atoms in total. The third-order valence-corrected chi connectivity index (χ3v) is 15.7. The van der Waals surface area contributed by atoms with E-state index in [2.05, 4.69) is 64.5 Å². The van der Waals surface area contributed by atoms with Crippen molar-refractivity contribution in [1.82, 2.24) is 24.3 Å². The van der Waals surface area contributed by atoms with Crippen LogP contribution in [0.4, 0.5) is 57.9 Å². The number of carbonyl (C=O) groups excluding carboxylic acids is 4. The number of halogens is 8. The largest absolute Gasteiger partial charge is 0.495 e. The number of likely N-dealkylation sites (tertiary alicyclic amines) is 2. The lowest BCUT2D eigenvalue weighted by Gasteiger charge is -2.33. The van der Waals surface area contributed by atoms with Crippen LogP contribution in [0.15, 0.2) is 84.9 Å². The monoisotopic (exact) mass is 1380 g/mol. The van der Waals surface area contributed by atoms with Gasteiger partial charge in [-0.3, -0.25) is 19.2 Å². The molecule has 0 unspecified atom stereocenters. The highest BCUT2D eigenvalue weighted by atomic mass is 19.4. The molecule has 2 saturated heterocycles. The summed E-state index contributed by atoms with van der Waals surface area (Å²) in [7, 11) is 10.2. The zero-order chi connectivity index (χ0) is 72.0.